The highest BCUT2D eigenvalue weighted by molar-refractivity contribution is 5.87. The second-order valence-corrected chi connectivity index (χ2v) is 5.74. The van der Waals surface area contributed by atoms with E-state index in [2.05, 4.69) is 5.32 Å². The largest absolute Gasteiger partial charge is 0.484 e. The summed E-state index contributed by atoms with van der Waals surface area (Å²) < 4.78 is 5.36. The number of rotatable bonds is 5. The van der Waals surface area contributed by atoms with Crippen LogP contribution >= 0.6 is 0 Å². The van der Waals surface area contributed by atoms with Crippen LogP contribution in [0.4, 0.5) is 0 Å². The van der Waals surface area contributed by atoms with Gasteiger partial charge in [0.2, 0.25) is 0 Å². The maximum absolute atomic E-state index is 12.0. The number of hydrogen-bond acceptors (Lipinski definition) is 3. The Hall–Kier alpha value is -2.04. The van der Waals surface area contributed by atoms with E-state index in [0.717, 1.165) is 12.8 Å². The number of ether oxygens (including phenoxy) is 1. The maximum atomic E-state index is 12.0. The molecule has 21 heavy (non-hydrogen) atoms. The molecule has 114 valence electrons. The Kier molecular flexibility index (Phi) is 4.83. The van der Waals surface area contributed by atoms with Gasteiger partial charge in [-0.25, -0.2) is 4.79 Å². The number of nitrogens with one attached hydrogen (secondary N) is 1. The lowest BCUT2D eigenvalue weighted by Gasteiger charge is -2.37. The zero-order valence-electron chi connectivity index (χ0n) is 12.2. The molecule has 5 nitrogen and oxygen atoms in total. The van der Waals surface area contributed by atoms with Crippen LogP contribution in [-0.2, 0) is 9.59 Å². The highest BCUT2D eigenvalue weighted by atomic mass is 16.5. The van der Waals surface area contributed by atoms with Crippen molar-refractivity contribution in [1.29, 1.82) is 0 Å². The minimum absolute atomic E-state index is 0.173. The van der Waals surface area contributed by atoms with Crippen LogP contribution in [0.3, 0.4) is 0 Å². The van der Waals surface area contributed by atoms with E-state index >= 15 is 0 Å². The quantitative estimate of drug-likeness (QED) is 0.872. The van der Waals surface area contributed by atoms with Gasteiger partial charge in [0.15, 0.2) is 6.61 Å². The summed E-state index contributed by atoms with van der Waals surface area (Å²) in [5.41, 5.74) is -1.14. The molecule has 1 fully saturated rings. The summed E-state index contributed by atoms with van der Waals surface area (Å²) >= 11 is 0. The topological polar surface area (TPSA) is 75.6 Å². The maximum Gasteiger partial charge on any atom is 0.329 e. The summed E-state index contributed by atoms with van der Waals surface area (Å²) in [6, 6.07) is 8.99. The second kappa shape index (κ2) is 6.61. The minimum Gasteiger partial charge on any atom is -0.484 e. The van der Waals surface area contributed by atoms with Gasteiger partial charge in [0.1, 0.15) is 11.3 Å². The SMILES string of the molecule is CC1CCCC(NC(=O)COc2ccccc2)(C(=O)O)C1. The molecule has 0 bridgehead atoms. The molecule has 0 saturated heterocycles. The van der Waals surface area contributed by atoms with Crippen LogP contribution in [0.2, 0.25) is 0 Å². The van der Waals surface area contributed by atoms with Crippen molar-refractivity contribution < 1.29 is 19.4 Å². The van der Waals surface area contributed by atoms with Gasteiger partial charge in [-0.15, -0.1) is 0 Å². The van der Waals surface area contributed by atoms with Crippen molar-refractivity contribution in [2.75, 3.05) is 6.61 Å². The monoisotopic (exact) mass is 291 g/mol. The van der Waals surface area contributed by atoms with Crippen molar-refractivity contribution in [2.45, 2.75) is 38.1 Å². The van der Waals surface area contributed by atoms with Crippen molar-refractivity contribution in [1.82, 2.24) is 5.32 Å². The lowest BCUT2D eigenvalue weighted by atomic mass is 9.76. The first-order valence-corrected chi connectivity index (χ1v) is 7.24. The number of carbonyl (C=O) groups is 2. The summed E-state index contributed by atoms with van der Waals surface area (Å²) in [5.74, 6) is -0.461. The molecular formula is C16H21NO4. The van der Waals surface area contributed by atoms with Crippen molar-refractivity contribution >= 4 is 11.9 Å². The average Bonchev–Trinajstić information content (AvgIpc) is 2.46. The molecule has 0 aromatic heterocycles. The van der Waals surface area contributed by atoms with Gasteiger partial charge in [0.25, 0.3) is 5.91 Å². The third kappa shape index (κ3) is 3.97. The number of benzene rings is 1. The van der Waals surface area contributed by atoms with Crippen molar-refractivity contribution in [3.05, 3.63) is 30.3 Å². The number of hydrogen-bond donors (Lipinski definition) is 2. The first-order chi connectivity index (χ1) is 10.0. The van der Waals surface area contributed by atoms with E-state index in [4.69, 9.17) is 4.74 Å². The third-order valence-electron chi connectivity index (χ3n) is 3.90. The molecule has 1 aliphatic carbocycles. The average molecular weight is 291 g/mol. The van der Waals surface area contributed by atoms with Crippen LogP contribution < -0.4 is 10.1 Å². The summed E-state index contributed by atoms with van der Waals surface area (Å²) in [6.07, 6.45) is 2.77. The third-order valence-corrected chi connectivity index (χ3v) is 3.90. The molecule has 1 saturated carbocycles. The first-order valence-electron chi connectivity index (χ1n) is 7.24. The molecular weight excluding hydrogens is 270 g/mol. The number of amides is 1. The fraction of sp³-hybridized carbons (Fsp3) is 0.500. The molecule has 1 aromatic rings. The number of carboxylic acids is 1. The first kappa shape index (κ1) is 15.4. The van der Waals surface area contributed by atoms with Crippen LogP contribution in [-0.4, -0.2) is 29.1 Å². The van der Waals surface area contributed by atoms with Gasteiger partial charge < -0.3 is 15.2 Å². The highest BCUT2D eigenvalue weighted by Gasteiger charge is 2.43. The molecule has 0 heterocycles. The van der Waals surface area contributed by atoms with Gasteiger partial charge in [-0.2, -0.15) is 0 Å². The predicted octanol–water partition coefficient (Wildman–Crippen LogP) is 2.22. The van der Waals surface area contributed by atoms with Crippen molar-refractivity contribution in [3.63, 3.8) is 0 Å². The second-order valence-electron chi connectivity index (χ2n) is 5.74. The minimum atomic E-state index is -1.14. The Morgan fingerprint density at radius 3 is 2.71 bits per heavy atom. The van der Waals surface area contributed by atoms with Crippen molar-refractivity contribution in [2.24, 2.45) is 5.92 Å². The van der Waals surface area contributed by atoms with Gasteiger partial charge in [0.05, 0.1) is 0 Å². The fourth-order valence-electron chi connectivity index (χ4n) is 2.88. The lowest BCUT2D eigenvalue weighted by Crippen LogP contribution is -2.57. The Morgan fingerprint density at radius 1 is 1.38 bits per heavy atom. The molecule has 1 aliphatic rings. The van der Waals surface area contributed by atoms with Crippen molar-refractivity contribution in [3.8, 4) is 5.75 Å². The number of carboxylic acid groups (broad SMARTS) is 1. The van der Waals surface area contributed by atoms with Crippen LogP contribution in [0, 0.1) is 5.92 Å². The summed E-state index contributed by atoms with van der Waals surface area (Å²) in [6.45, 7) is 1.84. The molecule has 1 amide bonds. The van der Waals surface area contributed by atoms with Crippen LogP contribution in [0.15, 0.2) is 30.3 Å². The zero-order chi connectivity index (χ0) is 15.3. The van der Waals surface area contributed by atoms with Gasteiger partial charge in [-0.05, 0) is 30.9 Å². The Bertz CT molecular complexity index is 502. The molecule has 5 heteroatoms. The summed E-state index contributed by atoms with van der Waals surface area (Å²) in [4.78, 5) is 23.6. The Morgan fingerprint density at radius 2 is 2.10 bits per heavy atom. The van der Waals surface area contributed by atoms with Gasteiger partial charge >= 0.3 is 5.97 Å². The molecule has 1 aromatic carbocycles. The number of para-hydroxylation sites is 1. The van der Waals surface area contributed by atoms with Gasteiger partial charge in [0, 0.05) is 0 Å². The van der Waals surface area contributed by atoms with E-state index < -0.39 is 17.4 Å². The molecule has 0 aliphatic heterocycles. The van der Waals surface area contributed by atoms with E-state index in [1.54, 1.807) is 12.1 Å². The predicted molar refractivity (Wildman–Crippen MR) is 78.1 cm³/mol. The number of carbonyl (C=O) groups excluding carboxylic acids is 1. The molecule has 0 radical (unpaired) electrons. The lowest BCUT2D eigenvalue weighted by molar-refractivity contribution is -0.150. The van der Waals surface area contributed by atoms with Crippen LogP contribution in [0.25, 0.3) is 0 Å². The van der Waals surface area contributed by atoms with Gasteiger partial charge in [-0.1, -0.05) is 38.0 Å². The van der Waals surface area contributed by atoms with Gasteiger partial charge in [-0.3, -0.25) is 4.79 Å². The molecule has 2 atom stereocenters. The Labute approximate surface area is 124 Å². The molecule has 2 N–H and O–H groups in total. The molecule has 0 spiro atoms. The standard InChI is InChI=1S/C16H21NO4/c1-12-6-5-9-16(10-12,15(19)20)17-14(18)11-21-13-7-3-2-4-8-13/h2-4,7-8,12H,5-6,9-11H2,1H3,(H,17,18)(H,19,20). The molecule has 2 rings (SSSR count). The van der Waals surface area contributed by atoms with Crippen LogP contribution in [0.5, 0.6) is 5.75 Å². The van der Waals surface area contributed by atoms with E-state index in [0.29, 0.717) is 24.5 Å². The molecule has 2 unspecified atom stereocenters. The smallest absolute Gasteiger partial charge is 0.329 e. The number of aliphatic carboxylic acids is 1. The summed E-state index contributed by atoms with van der Waals surface area (Å²) in [7, 11) is 0. The van der Waals surface area contributed by atoms with E-state index in [1.807, 2.05) is 25.1 Å². The van der Waals surface area contributed by atoms with E-state index in [9.17, 15) is 14.7 Å². The zero-order valence-corrected chi connectivity index (χ0v) is 12.2. The normalized spacial score (nSPS) is 25.1. The summed E-state index contributed by atoms with van der Waals surface area (Å²) in [5, 5.41) is 12.2. The van der Waals surface area contributed by atoms with E-state index in [1.165, 1.54) is 0 Å². The van der Waals surface area contributed by atoms with E-state index in [-0.39, 0.29) is 6.61 Å². The van der Waals surface area contributed by atoms with Crippen LogP contribution in [0.1, 0.15) is 32.6 Å². The Balaban J connectivity index is 1.94. The fourth-order valence-corrected chi connectivity index (χ4v) is 2.88. The highest BCUT2D eigenvalue weighted by Crippen LogP contribution is 2.32.